The molecule has 0 bridgehead atoms. The highest BCUT2D eigenvalue weighted by atomic mass is 19.4. The number of alkyl halides is 4. The van der Waals surface area contributed by atoms with E-state index in [1.165, 1.54) is 12.1 Å². The maximum atomic E-state index is 12.3. The molecule has 0 heterocycles. The molecule has 14 heavy (non-hydrogen) atoms. The predicted octanol–water partition coefficient (Wildman–Crippen LogP) is 2.55. The van der Waals surface area contributed by atoms with Crippen LogP contribution < -0.4 is 0 Å². The summed E-state index contributed by atoms with van der Waals surface area (Å²) in [6, 6.07) is 4.45. The first-order chi connectivity index (χ1) is 6.41. The van der Waals surface area contributed by atoms with Crippen molar-refractivity contribution in [2.24, 2.45) is 0 Å². The van der Waals surface area contributed by atoms with Crippen molar-refractivity contribution in [1.29, 1.82) is 0 Å². The van der Waals surface area contributed by atoms with Gasteiger partial charge in [0.05, 0.1) is 12.0 Å². The lowest BCUT2D eigenvalue weighted by molar-refractivity contribution is -0.138. The van der Waals surface area contributed by atoms with Crippen molar-refractivity contribution in [3.05, 3.63) is 41.8 Å². The van der Waals surface area contributed by atoms with Crippen LogP contribution in [-0.4, -0.2) is 11.5 Å². The Hall–Kier alpha value is -1.10. The van der Waals surface area contributed by atoms with Gasteiger partial charge in [-0.1, -0.05) is 18.2 Å². The lowest BCUT2D eigenvalue weighted by atomic mass is 10.0. The number of aliphatic hydroxyl groups excluding tert-OH is 1. The van der Waals surface area contributed by atoms with Gasteiger partial charge in [0.2, 0.25) is 6.36 Å². The van der Waals surface area contributed by atoms with Gasteiger partial charge in [-0.2, -0.15) is 13.2 Å². The van der Waals surface area contributed by atoms with Crippen molar-refractivity contribution >= 4 is 0 Å². The Morgan fingerprint density at radius 2 is 1.79 bits per heavy atom. The molecule has 1 unspecified atom stereocenters. The van der Waals surface area contributed by atoms with Crippen LogP contribution >= 0.6 is 0 Å². The summed E-state index contributed by atoms with van der Waals surface area (Å²) < 4.78 is 48.9. The molecule has 1 atom stereocenters. The zero-order valence-corrected chi connectivity index (χ0v) is 6.92. The second-order valence-corrected chi connectivity index (χ2v) is 2.62. The molecule has 5 heteroatoms. The normalized spacial score (nSPS) is 14.1. The maximum absolute atomic E-state index is 12.3. The number of aliphatic hydroxyl groups is 1. The Bertz CT molecular complexity index is 306. The van der Waals surface area contributed by atoms with Crippen molar-refractivity contribution in [3.63, 3.8) is 0 Å². The standard InChI is InChI=1S/C9H7F4O/c10-8(14)5-6-3-1-2-4-7(6)9(11,12)13/h1-5,8,14H. The smallest absolute Gasteiger partial charge is 0.364 e. The molecule has 0 aliphatic rings. The highest BCUT2D eigenvalue weighted by molar-refractivity contribution is 5.35. The predicted molar refractivity (Wildman–Crippen MR) is 42.0 cm³/mol. The molecule has 0 saturated carbocycles. The number of benzene rings is 1. The van der Waals surface area contributed by atoms with Crippen LogP contribution in [0.25, 0.3) is 0 Å². The van der Waals surface area contributed by atoms with Crippen LogP contribution in [0.4, 0.5) is 17.6 Å². The third-order valence-corrected chi connectivity index (χ3v) is 1.58. The first-order valence-corrected chi connectivity index (χ1v) is 3.74. The van der Waals surface area contributed by atoms with Crippen LogP contribution in [0.1, 0.15) is 11.1 Å². The van der Waals surface area contributed by atoms with E-state index in [1.54, 1.807) is 0 Å². The van der Waals surface area contributed by atoms with Crippen molar-refractivity contribution in [1.82, 2.24) is 0 Å². The molecule has 0 amide bonds. The largest absolute Gasteiger partial charge is 0.416 e. The minimum absolute atomic E-state index is 0.366. The highest BCUT2D eigenvalue weighted by Gasteiger charge is 2.33. The van der Waals surface area contributed by atoms with Gasteiger partial charge in [0.1, 0.15) is 0 Å². The molecule has 1 aromatic carbocycles. The number of hydrogen-bond acceptors (Lipinski definition) is 1. The molecule has 1 radical (unpaired) electrons. The molecular weight excluding hydrogens is 200 g/mol. The molecule has 77 valence electrons. The Morgan fingerprint density at radius 3 is 2.29 bits per heavy atom. The van der Waals surface area contributed by atoms with Crippen LogP contribution in [0.15, 0.2) is 24.3 Å². The van der Waals surface area contributed by atoms with E-state index in [1.807, 2.05) is 0 Å². The molecule has 0 fully saturated rings. The van der Waals surface area contributed by atoms with Crippen molar-refractivity contribution in [2.75, 3.05) is 0 Å². The van der Waals surface area contributed by atoms with Gasteiger partial charge in [-0.25, -0.2) is 4.39 Å². The molecule has 0 spiro atoms. The number of rotatable bonds is 2. The maximum Gasteiger partial charge on any atom is 0.416 e. The molecule has 0 saturated heterocycles. The summed E-state index contributed by atoms with van der Waals surface area (Å²) in [7, 11) is 0. The average molecular weight is 207 g/mol. The fourth-order valence-electron chi connectivity index (χ4n) is 1.05. The van der Waals surface area contributed by atoms with Gasteiger partial charge >= 0.3 is 6.18 Å². The van der Waals surface area contributed by atoms with Gasteiger partial charge in [-0.15, -0.1) is 0 Å². The van der Waals surface area contributed by atoms with Gasteiger partial charge < -0.3 is 5.11 Å². The quantitative estimate of drug-likeness (QED) is 0.739. The zero-order chi connectivity index (χ0) is 10.8. The molecular formula is C9H7F4O. The SMILES string of the molecule is OC(F)[CH]c1ccccc1C(F)(F)F. The molecule has 1 nitrogen and oxygen atoms in total. The van der Waals surface area contributed by atoms with E-state index in [9.17, 15) is 17.6 Å². The van der Waals surface area contributed by atoms with Crippen molar-refractivity contribution < 1.29 is 22.7 Å². The number of hydrogen-bond donors (Lipinski definition) is 1. The van der Waals surface area contributed by atoms with E-state index >= 15 is 0 Å². The van der Waals surface area contributed by atoms with E-state index in [0.717, 1.165) is 12.1 Å². The van der Waals surface area contributed by atoms with Gasteiger partial charge in [-0.3, -0.25) is 0 Å². The Balaban J connectivity index is 3.04. The molecule has 1 aromatic rings. The van der Waals surface area contributed by atoms with Crippen LogP contribution in [0, 0.1) is 6.42 Å². The first kappa shape index (κ1) is 11.0. The summed E-state index contributed by atoms with van der Waals surface area (Å²) in [5, 5.41) is 8.31. The van der Waals surface area contributed by atoms with Gasteiger partial charge in [0, 0.05) is 0 Å². The Morgan fingerprint density at radius 1 is 1.21 bits per heavy atom. The van der Waals surface area contributed by atoms with Crippen LogP contribution in [0.2, 0.25) is 0 Å². The van der Waals surface area contributed by atoms with Crippen LogP contribution in [-0.2, 0) is 6.18 Å². The second kappa shape index (κ2) is 3.96. The minimum atomic E-state index is -4.54. The Kier molecular flexibility index (Phi) is 3.10. The van der Waals surface area contributed by atoms with Crippen molar-refractivity contribution in [3.8, 4) is 0 Å². The Labute approximate surface area is 78.0 Å². The first-order valence-electron chi connectivity index (χ1n) is 3.74. The van der Waals surface area contributed by atoms with Crippen LogP contribution in [0.5, 0.6) is 0 Å². The minimum Gasteiger partial charge on any atom is -0.364 e. The summed E-state index contributed by atoms with van der Waals surface area (Å²) in [6.45, 7) is 0. The lowest BCUT2D eigenvalue weighted by Gasteiger charge is -2.11. The van der Waals surface area contributed by atoms with E-state index in [4.69, 9.17) is 5.11 Å². The fraction of sp³-hybridized carbons (Fsp3) is 0.222. The summed E-state index contributed by atoms with van der Waals surface area (Å²) in [5.41, 5.74) is -1.33. The van der Waals surface area contributed by atoms with Crippen molar-refractivity contribution in [2.45, 2.75) is 12.5 Å². The topological polar surface area (TPSA) is 20.2 Å². The monoisotopic (exact) mass is 207 g/mol. The van der Waals surface area contributed by atoms with E-state index in [0.29, 0.717) is 6.42 Å². The molecule has 0 aliphatic heterocycles. The molecule has 1 rings (SSSR count). The average Bonchev–Trinajstić information content (AvgIpc) is 2.01. The third-order valence-electron chi connectivity index (χ3n) is 1.58. The summed E-state index contributed by atoms with van der Waals surface area (Å²) in [5.74, 6) is 0. The van der Waals surface area contributed by atoms with Gasteiger partial charge in [0.15, 0.2) is 0 Å². The summed E-state index contributed by atoms with van der Waals surface area (Å²) in [4.78, 5) is 0. The van der Waals surface area contributed by atoms with Gasteiger partial charge in [-0.05, 0) is 11.6 Å². The van der Waals surface area contributed by atoms with E-state index < -0.39 is 18.1 Å². The summed E-state index contributed by atoms with van der Waals surface area (Å²) in [6.07, 6.45) is -6.43. The molecule has 0 aliphatic carbocycles. The zero-order valence-electron chi connectivity index (χ0n) is 6.92. The lowest BCUT2D eigenvalue weighted by Crippen LogP contribution is -2.11. The second-order valence-electron chi connectivity index (χ2n) is 2.62. The van der Waals surface area contributed by atoms with Crippen LogP contribution in [0.3, 0.4) is 0 Å². The summed E-state index contributed by atoms with van der Waals surface area (Å²) >= 11 is 0. The molecule has 0 aromatic heterocycles. The highest BCUT2D eigenvalue weighted by Crippen LogP contribution is 2.32. The fourth-order valence-corrected chi connectivity index (χ4v) is 1.05. The van der Waals surface area contributed by atoms with E-state index in [-0.39, 0.29) is 5.56 Å². The molecule has 1 N–H and O–H groups in total. The number of halogens is 4. The van der Waals surface area contributed by atoms with Gasteiger partial charge in [0.25, 0.3) is 0 Å². The third kappa shape index (κ3) is 2.70. The van der Waals surface area contributed by atoms with E-state index in [2.05, 4.69) is 0 Å².